The Bertz CT molecular complexity index is 1070. The first kappa shape index (κ1) is 21.2. The highest BCUT2D eigenvalue weighted by Gasteiger charge is 2.25. The minimum Gasteiger partial charge on any atom is -0.399 e. The molecule has 5 nitrogen and oxygen atoms in total. The van der Waals surface area contributed by atoms with Crippen molar-refractivity contribution in [2.45, 2.75) is 31.8 Å². The van der Waals surface area contributed by atoms with Crippen LogP contribution in [0.4, 0.5) is 10.5 Å². The van der Waals surface area contributed by atoms with E-state index >= 15 is 0 Å². The number of nitrogens with zero attached hydrogens (tertiary/aromatic N) is 2. The van der Waals surface area contributed by atoms with Crippen molar-refractivity contribution in [3.63, 3.8) is 0 Å². The van der Waals surface area contributed by atoms with E-state index in [0.717, 1.165) is 59.1 Å². The first-order chi connectivity index (χ1) is 14.9. The van der Waals surface area contributed by atoms with Crippen LogP contribution in [0.1, 0.15) is 31.4 Å². The number of urea groups is 1. The maximum atomic E-state index is 13.0. The molecule has 1 saturated heterocycles. The average molecular weight is 417 g/mol. The highest BCUT2D eigenvalue weighted by Crippen LogP contribution is 2.34. The summed E-state index contributed by atoms with van der Waals surface area (Å²) in [6, 6.07) is 20.8. The standard InChI is InChI=1S/C26H32N4O/c1-18(28-26(31)30(3)21-13-15-29(2)16-14-21)22-11-12-23(19-7-6-8-20(27)17-19)25-10-5-4-9-24(22)25/h4-12,17-18,21H,13-16,27H2,1-3H3,(H,28,31). The fourth-order valence-electron chi connectivity index (χ4n) is 4.57. The molecule has 1 heterocycles. The van der Waals surface area contributed by atoms with Crippen LogP contribution in [0.2, 0.25) is 0 Å². The molecule has 3 N–H and O–H groups in total. The number of amides is 2. The Morgan fingerprint density at radius 3 is 2.48 bits per heavy atom. The number of nitrogens with two attached hydrogens (primary N) is 1. The topological polar surface area (TPSA) is 61.6 Å². The lowest BCUT2D eigenvalue weighted by atomic mass is 9.92. The predicted molar refractivity (Wildman–Crippen MR) is 129 cm³/mol. The van der Waals surface area contributed by atoms with Crippen LogP contribution in [0.25, 0.3) is 21.9 Å². The first-order valence-electron chi connectivity index (χ1n) is 11.0. The molecule has 31 heavy (non-hydrogen) atoms. The zero-order valence-electron chi connectivity index (χ0n) is 18.6. The van der Waals surface area contributed by atoms with Crippen molar-refractivity contribution < 1.29 is 4.79 Å². The lowest BCUT2D eigenvalue weighted by molar-refractivity contribution is 0.146. The zero-order valence-corrected chi connectivity index (χ0v) is 18.6. The molecule has 0 spiro atoms. The van der Waals surface area contributed by atoms with E-state index in [1.54, 1.807) is 0 Å². The molecule has 0 bridgehead atoms. The summed E-state index contributed by atoms with van der Waals surface area (Å²) in [4.78, 5) is 17.2. The predicted octanol–water partition coefficient (Wildman–Crippen LogP) is 4.89. The second kappa shape index (κ2) is 8.98. The molecular formula is C26H32N4O. The van der Waals surface area contributed by atoms with Crippen LogP contribution >= 0.6 is 0 Å². The number of fused-ring (bicyclic) bond motifs is 1. The number of nitrogens with one attached hydrogen (secondary N) is 1. The Hall–Kier alpha value is -3.05. The number of carbonyl (C=O) groups excluding carboxylic acids is 1. The van der Waals surface area contributed by atoms with Gasteiger partial charge in [0.1, 0.15) is 0 Å². The SMILES string of the molecule is CC(NC(=O)N(C)C1CCN(C)CC1)c1ccc(-c2cccc(N)c2)c2ccccc12. The molecule has 5 heteroatoms. The van der Waals surface area contributed by atoms with Gasteiger partial charge in [0, 0.05) is 18.8 Å². The van der Waals surface area contributed by atoms with Gasteiger partial charge >= 0.3 is 6.03 Å². The molecule has 3 aromatic carbocycles. The fraction of sp³-hybridized carbons (Fsp3) is 0.346. The van der Waals surface area contributed by atoms with Gasteiger partial charge in [-0.1, -0.05) is 48.5 Å². The van der Waals surface area contributed by atoms with E-state index in [0.29, 0.717) is 6.04 Å². The van der Waals surface area contributed by atoms with Crippen molar-refractivity contribution in [2.75, 3.05) is 32.9 Å². The van der Waals surface area contributed by atoms with Gasteiger partial charge in [0.05, 0.1) is 6.04 Å². The Morgan fingerprint density at radius 2 is 1.77 bits per heavy atom. The van der Waals surface area contributed by atoms with Crippen LogP contribution in [0, 0.1) is 0 Å². The van der Waals surface area contributed by atoms with Crippen LogP contribution < -0.4 is 11.1 Å². The molecule has 1 aliphatic heterocycles. The minimum atomic E-state index is -0.0963. The van der Waals surface area contributed by atoms with Gasteiger partial charge in [0.25, 0.3) is 0 Å². The van der Waals surface area contributed by atoms with Crippen LogP contribution in [-0.2, 0) is 0 Å². The Labute approximate surface area is 184 Å². The Morgan fingerprint density at radius 1 is 1.06 bits per heavy atom. The third kappa shape index (κ3) is 4.52. The van der Waals surface area contributed by atoms with Crippen LogP contribution in [0.5, 0.6) is 0 Å². The number of piperidine rings is 1. The van der Waals surface area contributed by atoms with E-state index < -0.39 is 0 Å². The second-order valence-electron chi connectivity index (χ2n) is 8.69. The summed E-state index contributed by atoms with van der Waals surface area (Å²) in [5.74, 6) is 0. The molecule has 162 valence electrons. The van der Waals surface area contributed by atoms with E-state index in [-0.39, 0.29) is 12.1 Å². The number of hydrogen-bond donors (Lipinski definition) is 2. The summed E-state index contributed by atoms with van der Waals surface area (Å²) >= 11 is 0. The third-order valence-electron chi connectivity index (χ3n) is 6.52. The fourth-order valence-corrected chi connectivity index (χ4v) is 4.57. The van der Waals surface area contributed by atoms with E-state index in [1.165, 1.54) is 0 Å². The normalized spacial score (nSPS) is 16.2. The minimum absolute atomic E-state index is 0.00829. The maximum Gasteiger partial charge on any atom is 0.317 e. The number of rotatable bonds is 4. The number of carbonyl (C=O) groups is 1. The summed E-state index contributed by atoms with van der Waals surface area (Å²) in [5.41, 5.74) is 10.1. The van der Waals surface area contributed by atoms with Crippen LogP contribution in [0.15, 0.2) is 60.7 Å². The Kier molecular flexibility index (Phi) is 6.14. The lowest BCUT2D eigenvalue weighted by Crippen LogP contribution is -2.48. The summed E-state index contributed by atoms with van der Waals surface area (Å²) in [7, 11) is 4.05. The second-order valence-corrected chi connectivity index (χ2v) is 8.69. The smallest absolute Gasteiger partial charge is 0.317 e. The molecule has 1 aliphatic rings. The van der Waals surface area contributed by atoms with Crippen molar-refractivity contribution in [1.82, 2.24) is 15.1 Å². The number of benzene rings is 3. The van der Waals surface area contributed by atoms with Crippen molar-refractivity contribution in [1.29, 1.82) is 0 Å². The highest BCUT2D eigenvalue weighted by atomic mass is 16.2. The molecular weight excluding hydrogens is 384 g/mol. The van der Waals surface area contributed by atoms with E-state index in [9.17, 15) is 4.79 Å². The molecule has 1 atom stereocenters. The van der Waals surface area contributed by atoms with Crippen molar-refractivity contribution >= 4 is 22.5 Å². The summed E-state index contributed by atoms with van der Waals surface area (Å²) in [5, 5.41) is 5.53. The Balaban J connectivity index is 1.58. The number of anilines is 1. The highest BCUT2D eigenvalue weighted by molar-refractivity contribution is 5.99. The summed E-state index contributed by atoms with van der Waals surface area (Å²) in [6.45, 7) is 4.13. The molecule has 0 aromatic heterocycles. The first-order valence-corrected chi connectivity index (χ1v) is 11.0. The summed E-state index contributed by atoms with van der Waals surface area (Å²) in [6.07, 6.45) is 2.04. The summed E-state index contributed by atoms with van der Waals surface area (Å²) < 4.78 is 0. The van der Waals surface area contributed by atoms with Crippen molar-refractivity contribution in [3.8, 4) is 11.1 Å². The lowest BCUT2D eigenvalue weighted by Gasteiger charge is -2.35. The van der Waals surface area contributed by atoms with Gasteiger partial charge < -0.3 is 20.9 Å². The number of nitrogen functional groups attached to an aromatic ring is 1. The molecule has 0 aliphatic carbocycles. The van der Waals surface area contributed by atoms with Crippen LogP contribution in [0.3, 0.4) is 0 Å². The van der Waals surface area contributed by atoms with Gasteiger partial charge in [-0.25, -0.2) is 4.79 Å². The van der Waals surface area contributed by atoms with Crippen molar-refractivity contribution in [3.05, 3.63) is 66.2 Å². The van der Waals surface area contributed by atoms with E-state index in [2.05, 4.69) is 60.6 Å². The molecule has 2 amide bonds. The van der Waals surface area contributed by atoms with Gasteiger partial charge in [0.2, 0.25) is 0 Å². The van der Waals surface area contributed by atoms with Crippen molar-refractivity contribution in [2.24, 2.45) is 0 Å². The van der Waals surface area contributed by atoms with Gasteiger partial charge in [-0.2, -0.15) is 0 Å². The third-order valence-corrected chi connectivity index (χ3v) is 6.52. The number of likely N-dealkylation sites (tertiary alicyclic amines) is 1. The monoisotopic (exact) mass is 416 g/mol. The average Bonchev–Trinajstić information content (AvgIpc) is 2.78. The van der Waals surface area contributed by atoms with Gasteiger partial charge in [-0.3, -0.25) is 0 Å². The van der Waals surface area contributed by atoms with Gasteiger partial charge in [-0.15, -0.1) is 0 Å². The molecule has 0 saturated carbocycles. The van der Waals surface area contributed by atoms with Gasteiger partial charge in [0.15, 0.2) is 0 Å². The molecule has 1 fully saturated rings. The molecule has 0 radical (unpaired) electrons. The van der Waals surface area contributed by atoms with E-state index in [4.69, 9.17) is 5.73 Å². The van der Waals surface area contributed by atoms with Crippen LogP contribution in [-0.4, -0.2) is 49.1 Å². The molecule has 1 unspecified atom stereocenters. The zero-order chi connectivity index (χ0) is 22.0. The number of hydrogen-bond acceptors (Lipinski definition) is 3. The molecule has 3 aromatic rings. The maximum absolute atomic E-state index is 13.0. The largest absolute Gasteiger partial charge is 0.399 e. The van der Waals surface area contributed by atoms with Gasteiger partial charge in [-0.05, 0) is 79.5 Å². The molecule has 4 rings (SSSR count). The quantitative estimate of drug-likeness (QED) is 0.596. The van der Waals surface area contributed by atoms with E-state index in [1.807, 2.05) is 36.2 Å².